The Morgan fingerprint density at radius 3 is 2.77 bits per heavy atom. The quantitative estimate of drug-likeness (QED) is 0.814. The number of aliphatic hydroxyl groups is 1. The summed E-state index contributed by atoms with van der Waals surface area (Å²) in [6.07, 6.45) is 1.96. The second-order valence-electron chi connectivity index (χ2n) is 5.99. The Morgan fingerprint density at radius 1 is 1.41 bits per heavy atom. The highest BCUT2D eigenvalue weighted by Gasteiger charge is 2.19. The number of carbonyl (C=O) groups is 1. The van der Waals surface area contributed by atoms with Crippen molar-refractivity contribution in [3.8, 4) is 5.75 Å². The van der Waals surface area contributed by atoms with E-state index in [9.17, 15) is 9.90 Å². The van der Waals surface area contributed by atoms with Gasteiger partial charge in [0, 0.05) is 13.1 Å². The molecule has 0 amide bonds. The number of β-amino-alcohol motifs (C(OH)–C–C–N with tert-alkyl or cyclic N) is 1. The first-order valence-electron chi connectivity index (χ1n) is 7.80. The zero-order valence-electron chi connectivity index (χ0n) is 13.3. The van der Waals surface area contributed by atoms with Gasteiger partial charge in [-0.25, -0.2) is 4.79 Å². The second kappa shape index (κ2) is 8.15. The number of rotatable bonds is 6. The fraction of sp³-hybridized carbons (Fsp3) is 0.588. The summed E-state index contributed by atoms with van der Waals surface area (Å²) in [6, 6.07) is 6.73. The summed E-state index contributed by atoms with van der Waals surface area (Å²) in [5.74, 6) is 0.970. The van der Waals surface area contributed by atoms with Crippen molar-refractivity contribution in [3.63, 3.8) is 0 Å². The first-order chi connectivity index (χ1) is 10.6. The van der Waals surface area contributed by atoms with Crippen LogP contribution >= 0.6 is 0 Å². The van der Waals surface area contributed by atoms with Crippen LogP contribution in [0.3, 0.4) is 0 Å². The molecule has 1 aromatic rings. The topological polar surface area (TPSA) is 59.0 Å². The largest absolute Gasteiger partial charge is 0.491 e. The lowest BCUT2D eigenvalue weighted by molar-refractivity contribution is 0.0536. The number of benzene rings is 1. The molecule has 1 N–H and O–H groups in total. The summed E-state index contributed by atoms with van der Waals surface area (Å²) >= 11 is 0. The number of likely N-dealkylation sites (tertiary alicyclic amines) is 1. The van der Waals surface area contributed by atoms with Gasteiger partial charge in [-0.2, -0.15) is 0 Å². The van der Waals surface area contributed by atoms with Gasteiger partial charge in [0.05, 0.1) is 12.7 Å². The van der Waals surface area contributed by atoms with Crippen molar-refractivity contribution in [2.24, 2.45) is 5.92 Å². The minimum atomic E-state index is -0.509. The van der Waals surface area contributed by atoms with Crippen LogP contribution in [0.15, 0.2) is 24.3 Å². The normalized spacial score (nSPS) is 20.4. The number of hydrogen-bond donors (Lipinski definition) is 1. The Hall–Kier alpha value is -1.59. The van der Waals surface area contributed by atoms with Gasteiger partial charge >= 0.3 is 5.97 Å². The van der Waals surface area contributed by atoms with Gasteiger partial charge in [0.15, 0.2) is 0 Å². The van der Waals surface area contributed by atoms with E-state index in [-0.39, 0.29) is 12.6 Å². The van der Waals surface area contributed by atoms with Crippen LogP contribution in [0.1, 0.15) is 30.1 Å². The SMILES string of the molecule is COC(=O)c1ccc(OC[C@@H](O)CN2CCC[C@H](C)C2)cc1. The van der Waals surface area contributed by atoms with Gasteiger partial charge in [-0.15, -0.1) is 0 Å². The molecule has 0 bridgehead atoms. The number of aliphatic hydroxyl groups excluding tert-OH is 1. The molecule has 122 valence electrons. The van der Waals surface area contributed by atoms with E-state index in [2.05, 4.69) is 16.6 Å². The molecule has 2 rings (SSSR count). The molecule has 22 heavy (non-hydrogen) atoms. The van der Waals surface area contributed by atoms with Gasteiger partial charge in [-0.05, 0) is 49.6 Å². The van der Waals surface area contributed by atoms with Crippen LogP contribution in [-0.2, 0) is 4.74 Å². The summed E-state index contributed by atoms with van der Waals surface area (Å²) in [5.41, 5.74) is 0.484. The Kier molecular flexibility index (Phi) is 6.21. The molecule has 0 aliphatic carbocycles. The third-order valence-corrected chi connectivity index (χ3v) is 3.93. The predicted octanol–water partition coefficient (Wildman–Crippen LogP) is 1.94. The van der Waals surface area contributed by atoms with E-state index < -0.39 is 6.10 Å². The maximum Gasteiger partial charge on any atom is 0.337 e. The maximum atomic E-state index is 11.3. The molecule has 5 nitrogen and oxygen atoms in total. The van der Waals surface area contributed by atoms with E-state index in [1.54, 1.807) is 24.3 Å². The minimum Gasteiger partial charge on any atom is -0.491 e. The van der Waals surface area contributed by atoms with E-state index in [1.807, 2.05) is 0 Å². The van der Waals surface area contributed by atoms with Crippen LogP contribution in [0.2, 0.25) is 0 Å². The van der Waals surface area contributed by atoms with Gasteiger partial charge in [0.25, 0.3) is 0 Å². The molecule has 1 aliphatic heterocycles. The second-order valence-corrected chi connectivity index (χ2v) is 5.99. The smallest absolute Gasteiger partial charge is 0.337 e. The van der Waals surface area contributed by atoms with Crippen LogP contribution in [0.25, 0.3) is 0 Å². The van der Waals surface area contributed by atoms with Crippen molar-refractivity contribution in [1.82, 2.24) is 4.90 Å². The van der Waals surface area contributed by atoms with E-state index in [0.717, 1.165) is 13.1 Å². The summed E-state index contributed by atoms with van der Waals surface area (Å²) in [4.78, 5) is 13.6. The molecule has 1 aliphatic rings. The van der Waals surface area contributed by atoms with Gasteiger partial charge in [0.1, 0.15) is 18.5 Å². The van der Waals surface area contributed by atoms with Crippen LogP contribution in [-0.4, -0.2) is 55.4 Å². The lowest BCUT2D eigenvalue weighted by atomic mass is 10.0. The Morgan fingerprint density at radius 2 is 2.14 bits per heavy atom. The lowest BCUT2D eigenvalue weighted by Gasteiger charge is -2.32. The molecule has 5 heteroatoms. The Balaban J connectivity index is 1.76. The summed E-state index contributed by atoms with van der Waals surface area (Å²) in [5, 5.41) is 10.1. The molecular formula is C17H25NO4. The van der Waals surface area contributed by atoms with Gasteiger partial charge in [0.2, 0.25) is 0 Å². The summed E-state index contributed by atoms with van der Waals surface area (Å²) in [6.45, 7) is 5.24. The molecule has 0 aromatic heterocycles. The number of esters is 1. The first-order valence-corrected chi connectivity index (χ1v) is 7.80. The summed E-state index contributed by atoms with van der Waals surface area (Å²) < 4.78 is 10.2. The molecule has 0 unspecified atom stereocenters. The number of methoxy groups -OCH3 is 1. The van der Waals surface area contributed by atoms with Crippen molar-refractivity contribution in [3.05, 3.63) is 29.8 Å². The fourth-order valence-corrected chi connectivity index (χ4v) is 2.80. The fourth-order valence-electron chi connectivity index (χ4n) is 2.80. The number of ether oxygens (including phenoxy) is 2. The highest BCUT2D eigenvalue weighted by Crippen LogP contribution is 2.16. The van der Waals surface area contributed by atoms with Crippen molar-refractivity contribution in [2.45, 2.75) is 25.9 Å². The number of piperidine rings is 1. The highest BCUT2D eigenvalue weighted by atomic mass is 16.5. The highest BCUT2D eigenvalue weighted by molar-refractivity contribution is 5.89. The van der Waals surface area contributed by atoms with E-state index in [4.69, 9.17) is 4.74 Å². The number of nitrogens with zero attached hydrogens (tertiary/aromatic N) is 1. The van der Waals surface area contributed by atoms with Crippen LogP contribution in [0.5, 0.6) is 5.75 Å². The molecule has 1 aromatic carbocycles. The molecule has 0 saturated carbocycles. The zero-order valence-corrected chi connectivity index (χ0v) is 13.3. The van der Waals surface area contributed by atoms with Crippen molar-refractivity contribution >= 4 is 5.97 Å². The van der Waals surface area contributed by atoms with Crippen LogP contribution in [0, 0.1) is 5.92 Å². The molecule has 2 atom stereocenters. The molecular weight excluding hydrogens is 282 g/mol. The number of hydrogen-bond acceptors (Lipinski definition) is 5. The van der Waals surface area contributed by atoms with Crippen molar-refractivity contribution < 1.29 is 19.4 Å². The standard InChI is InChI=1S/C17H25NO4/c1-13-4-3-9-18(10-13)11-15(19)12-22-16-7-5-14(6-8-16)17(20)21-2/h5-8,13,15,19H,3-4,9-12H2,1-2H3/t13-,15-/m0/s1. The number of carbonyl (C=O) groups excluding carboxylic acids is 1. The zero-order chi connectivity index (χ0) is 15.9. The third kappa shape index (κ3) is 5.00. The van der Waals surface area contributed by atoms with Gasteiger partial charge in [-0.3, -0.25) is 0 Å². The molecule has 1 saturated heterocycles. The molecule has 0 spiro atoms. The molecule has 0 radical (unpaired) electrons. The van der Waals surface area contributed by atoms with Crippen molar-refractivity contribution in [1.29, 1.82) is 0 Å². The van der Waals surface area contributed by atoms with Gasteiger partial charge < -0.3 is 19.5 Å². The van der Waals surface area contributed by atoms with E-state index >= 15 is 0 Å². The van der Waals surface area contributed by atoms with E-state index in [1.165, 1.54) is 20.0 Å². The van der Waals surface area contributed by atoms with Gasteiger partial charge in [-0.1, -0.05) is 6.92 Å². The molecule has 1 fully saturated rings. The van der Waals surface area contributed by atoms with Crippen LogP contribution < -0.4 is 4.74 Å². The van der Waals surface area contributed by atoms with E-state index in [0.29, 0.717) is 23.8 Å². The lowest BCUT2D eigenvalue weighted by Crippen LogP contribution is -2.41. The average molecular weight is 307 g/mol. The average Bonchev–Trinajstić information content (AvgIpc) is 2.52. The Bertz CT molecular complexity index is 474. The van der Waals surface area contributed by atoms with Crippen molar-refractivity contribution in [2.75, 3.05) is 33.4 Å². The molecule has 1 heterocycles. The predicted molar refractivity (Wildman–Crippen MR) is 84.1 cm³/mol. The van der Waals surface area contributed by atoms with Crippen LogP contribution in [0.4, 0.5) is 0 Å². The third-order valence-electron chi connectivity index (χ3n) is 3.93. The maximum absolute atomic E-state index is 11.3. The minimum absolute atomic E-state index is 0.252. The monoisotopic (exact) mass is 307 g/mol. The summed E-state index contributed by atoms with van der Waals surface area (Å²) in [7, 11) is 1.35. The Labute approximate surface area is 131 Å². The first kappa shape index (κ1) is 16.8.